The average molecular weight is 426 g/mol. The summed E-state index contributed by atoms with van der Waals surface area (Å²) >= 11 is 0. The van der Waals surface area contributed by atoms with Gasteiger partial charge in [-0.2, -0.15) is 0 Å². The summed E-state index contributed by atoms with van der Waals surface area (Å²) in [6.07, 6.45) is 2.04. The molecule has 2 aromatic carbocycles. The van der Waals surface area contributed by atoms with Crippen molar-refractivity contribution in [3.05, 3.63) is 57.6 Å². The maximum atomic E-state index is 12.6. The van der Waals surface area contributed by atoms with Gasteiger partial charge in [-0.3, -0.25) is 24.6 Å². The first-order chi connectivity index (χ1) is 14.7. The number of carbonyl (C=O) groups excluding carboxylic acids is 2. The molecule has 0 radical (unpaired) electrons. The number of amides is 2. The first-order valence-electron chi connectivity index (χ1n) is 10.1. The van der Waals surface area contributed by atoms with E-state index < -0.39 is 10.8 Å². The lowest BCUT2D eigenvalue weighted by molar-refractivity contribution is -0.384. The number of phenolic OH excluding ortho intramolecular Hbond substituents is 1. The molecular formula is C22H26N4O5. The monoisotopic (exact) mass is 426 g/mol. The number of nitro groups is 1. The van der Waals surface area contributed by atoms with Crippen LogP contribution in [-0.4, -0.2) is 45.9 Å². The number of nitrogens with zero attached hydrogens (tertiary/aromatic N) is 2. The van der Waals surface area contributed by atoms with E-state index in [1.54, 1.807) is 0 Å². The molecule has 31 heavy (non-hydrogen) atoms. The number of rotatable bonds is 9. The Bertz CT molecular complexity index is 983. The summed E-state index contributed by atoms with van der Waals surface area (Å²) < 4.78 is 0. The van der Waals surface area contributed by atoms with E-state index in [1.165, 1.54) is 6.07 Å². The number of anilines is 2. The Labute approximate surface area is 180 Å². The van der Waals surface area contributed by atoms with Crippen LogP contribution in [0.4, 0.5) is 17.1 Å². The zero-order valence-corrected chi connectivity index (χ0v) is 17.6. The van der Waals surface area contributed by atoms with E-state index in [0.29, 0.717) is 6.54 Å². The Hall–Kier alpha value is -3.46. The molecule has 3 rings (SSSR count). The number of hydrogen-bond acceptors (Lipinski definition) is 6. The lowest BCUT2D eigenvalue weighted by atomic mass is 10.1. The standard InChI is InChI=1S/C22H26N4O5/c1-14-4-3-5-15(2)22(14)24-21(29)13-25(16-6-7-16)11-10-20(28)23-18-12-17(26(30)31)8-9-19(18)27/h3-5,8-9,12,16,27H,6-7,10-11,13H2,1-2H3,(H,23,28)(H,24,29). The zero-order valence-electron chi connectivity index (χ0n) is 17.6. The molecule has 1 fully saturated rings. The average Bonchev–Trinajstić information content (AvgIpc) is 3.55. The molecule has 0 spiro atoms. The van der Waals surface area contributed by atoms with Gasteiger partial charge in [0, 0.05) is 36.8 Å². The van der Waals surface area contributed by atoms with Gasteiger partial charge in [0.1, 0.15) is 5.75 Å². The molecule has 0 atom stereocenters. The summed E-state index contributed by atoms with van der Waals surface area (Å²) in [7, 11) is 0. The second kappa shape index (κ2) is 9.57. The van der Waals surface area contributed by atoms with Crippen molar-refractivity contribution >= 4 is 28.9 Å². The number of hydrogen-bond donors (Lipinski definition) is 3. The SMILES string of the molecule is Cc1cccc(C)c1NC(=O)CN(CCC(=O)Nc1cc([N+](=O)[O-])ccc1O)C1CC1. The minimum absolute atomic E-state index is 0.00931. The van der Waals surface area contributed by atoms with Crippen molar-refractivity contribution in [3.63, 3.8) is 0 Å². The summed E-state index contributed by atoms with van der Waals surface area (Å²) in [5.41, 5.74) is 2.55. The van der Waals surface area contributed by atoms with Gasteiger partial charge in [0.2, 0.25) is 11.8 Å². The topological polar surface area (TPSA) is 125 Å². The number of para-hydroxylation sites is 1. The number of benzene rings is 2. The number of aryl methyl sites for hydroxylation is 2. The molecule has 0 heterocycles. The van der Waals surface area contributed by atoms with Crippen molar-refractivity contribution in [2.75, 3.05) is 23.7 Å². The van der Waals surface area contributed by atoms with Crippen LogP contribution in [0.5, 0.6) is 5.75 Å². The summed E-state index contributed by atoms with van der Waals surface area (Å²) in [6.45, 7) is 4.42. The van der Waals surface area contributed by atoms with Crippen molar-refractivity contribution < 1.29 is 19.6 Å². The molecule has 1 aliphatic carbocycles. The van der Waals surface area contributed by atoms with E-state index in [1.807, 2.05) is 36.9 Å². The van der Waals surface area contributed by atoms with Crippen LogP contribution in [0.15, 0.2) is 36.4 Å². The highest BCUT2D eigenvalue weighted by Gasteiger charge is 2.30. The molecule has 0 unspecified atom stereocenters. The molecule has 0 aliphatic heterocycles. The van der Waals surface area contributed by atoms with Gasteiger partial charge >= 0.3 is 0 Å². The van der Waals surface area contributed by atoms with Crippen molar-refractivity contribution in [2.24, 2.45) is 0 Å². The minimum atomic E-state index is -0.599. The van der Waals surface area contributed by atoms with E-state index >= 15 is 0 Å². The fourth-order valence-corrected chi connectivity index (χ4v) is 3.40. The molecule has 2 aromatic rings. The summed E-state index contributed by atoms with van der Waals surface area (Å²) in [5.74, 6) is -0.774. The Balaban J connectivity index is 1.56. The fraction of sp³-hybridized carbons (Fsp3) is 0.364. The van der Waals surface area contributed by atoms with Gasteiger partial charge < -0.3 is 15.7 Å². The number of non-ortho nitro benzene ring substituents is 1. The molecule has 0 saturated heterocycles. The Morgan fingerprint density at radius 1 is 1.13 bits per heavy atom. The molecule has 1 aliphatic rings. The third-order valence-electron chi connectivity index (χ3n) is 5.25. The first kappa shape index (κ1) is 22.2. The van der Waals surface area contributed by atoms with Gasteiger partial charge in [-0.15, -0.1) is 0 Å². The molecule has 9 heteroatoms. The molecule has 3 N–H and O–H groups in total. The van der Waals surface area contributed by atoms with Crippen LogP contribution >= 0.6 is 0 Å². The molecule has 0 bridgehead atoms. The van der Waals surface area contributed by atoms with E-state index in [4.69, 9.17) is 0 Å². The Morgan fingerprint density at radius 3 is 2.42 bits per heavy atom. The van der Waals surface area contributed by atoms with Gasteiger partial charge in [0.25, 0.3) is 5.69 Å². The van der Waals surface area contributed by atoms with Gasteiger partial charge in [-0.25, -0.2) is 0 Å². The van der Waals surface area contributed by atoms with Crippen LogP contribution in [0.1, 0.15) is 30.4 Å². The lowest BCUT2D eigenvalue weighted by Crippen LogP contribution is -2.37. The van der Waals surface area contributed by atoms with E-state index in [2.05, 4.69) is 10.6 Å². The third kappa shape index (κ3) is 6.02. The Kier molecular flexibility index (Phi) is 6.86. The van der Waals surface area contributed by atoms with Gasteiger partial charge in [0.15, 0.2) is 0 Å². The highest BCUT2D eigenvalue weighted by molar-refractivity contribution is 5.94. The molecule has 2 amide bonds. The van der Waals surface area contributed by atoms with E-state index in [0.717, 1.165) is 41.8 Å². The molecule has 164 valence electrons. The fourth-order valence-electron chi connectivity index (χ4n) is 3.40. The second-order valence-electron chi connectivity index (χ2n) is 7.77. The van der Waals surface area contributed by atoms with Crippen molar-refractivity contribution in [2.45, 2.75) is 39.2 Å². The van der Waals surface area contributed by atoms with Gasteiger partial charge in [-0.05, 0) is 43.9 Å². The molecule has 9 nitrogen and oxygen atoms in total. The second-order valence-corrected chi connectivity index (χ2v) is 7.77. The maximum Gasteiger partial charge on any atom is 0.271 e. The molecule has 0 aromatic heterocycles. The van der Waals surface area contributed by atoms with Gasteiger partial charge in [-0.1, -0.05) is 18.2 Å². The van der Waals surface area contributed by atoms with Crippen LogP contribution in [-0.2, 0) is 9.59 Å². The van der Waals surface area contributed by atoms with Gasteiger partial charge in [0.05, 0.1) is 17.2 Å². The highest BCUT2D eigenvalue weighted by Crippen LogP contribution is 2.29. The Morgan fingerprint density at radius 2 is 1.81 bits per heavy atom. The van der Waals surface area contributed by atoms with Crippen LogP contribution in [0, 0.1) is 24.0 Å². The largest absolute Gasteiger partial charge is 0.506 e. The number of phenols is 1. The maximum absolute atomic E-state index is 12.6. The zero-order chi connectivity index (χ0) is 22.5. The first-order valence-corrected chi connectivity index (χ1v) is 10.1. The summed E-state index contributed by atoms with van der Waals surface area (Å²) in [6, 6.07) is 9.53. The minimum Gasteiger partial charge on any atom is -0.506 e. The number of nitro benzene ring substituents is 1. The van der Waals surface area contributed by atoms with E-state index in [9.17, 15) is 24.8 Å². The lowest BCUT2D eigenvalue weighted by Gasteiger charge is -2.22. The summed E-state index contributed by atoms with van der Waals surface area (Å²) in [5, 5.41) is 26.2. The number of aromatic hydroxyl groups is 1. The molecule has 1 saturated carbocycles. The van der Waals surface area contributed by atoms with Crippen LogP contribution in [0.3, 0.4) is 0 Å². The van der Waals surface area contributed by atoms with Crippen molar-refractivity contribution in [1.82, 2.24) is 4.90 Å². The van der Waals surface area contributed by atoms with Crippen LogP contribution in [0.2, 0.25) is 0 Å². The normalized spacial score (nSPS) is 13.1. The predicted octanol–water partition coefficient (Wildman–Crippen LogP) is 3.35. The number of carbonyl (C=O) groups is 2. The smallest absolute Gasteiger partial charge is 0.271 e. The van der Waals surface area contributed by atoms with E-state index in [-0.39, 0.29) is 42.0 Å². The number of nitrogens with one attached hydrogen (secondary N) is 2. The highest BCUT2D eigenvalue weighted by atomic mass is 16.6. The van der Waals surface area contributed by atoms with Crippen LogP contribution < -0.4 is 10.6 Å². The summed E-state index contributed by atoms with van der Waals surface area (Å²) in [4.78, 5) is 37.2. The molecular weight excluding hydrogens is 400 g/mol. The predicted molar refractivity (Wildman–Crippen MR) is 117 cm³/mol. The third-order valence-corrected chi connectivity index (χ3v) is 5.25. The quantitative estimate of drug-likeness (QED) is 0.321. The van der Waals surface area contributed by atoms with Crippen LogP contribution in [0.25, 0.3) is 0 Å². The van der Waals surface area contributed by atoms with Crippen molar-refractivity contribution in [3.8, 4) is 5.75 Å². The van der Waals surface area contributed by atoms with Crippen molar-refractivity contribution in [1.29, 1.82) is 0 Å².